The molecule has 0 aromatic heterocycles. The molecule has 0 radical (unpaired) electrons. The Morgan fingerprint density at radius 1 is 1.20 bits per heavy atom. The number of halogens is 3. The van der Waals surface area contributed by atoms with E-state index < -0.39 is 0 Å². The van der Waals surface area contributed by atoms with Crippen LogP contribution in [-0.4, -0.2) is 12.5 Å². The minimum atomic E-state index is -0.123. The summed E-state index contributed by atoms with van der Waals surface area (Å²) in [6.07, 6.45) is 0. The van der Waals surface area contributed by atoms with Crippen molar-refractivity contribution in [1.82, 2.24) is 0 Å². The molecule has 2 rings (SSSR count). The molecule has 6 heteroatoms. The summed E-state index contributed by atoms with van der Waals surface area (Å²) in [7, 11) is 0. The van der Waals surface area contributed by atoms with Gasteiger partial charge >= 0.3 is 0 Å². The minimum Gasteiger partial charge on any atom is -0.375 e. The summed E-state index contributed by atoms with van der Waals surface area (Å²) >= 11 is 11.6. The van der Waals surface area contributed by atoms with Gasteiger partial charge in [-0.2, -0.15) is 0 Å². The predicted molar refractivity (Wildman–Crippen MR) is 95.4 cm³/mol. The zero-order valence-electron chi connectivity index (χ0n) is 10.3. The topological polar surface area (TPSA) is 41.1 Å². The van der Waals surface area contributed by atoms with Crippen LogP contribution in [-0.2, 0) is 4.79 Å². The summed E-state index contributed by atoms with van der Waals surface area (Å²) in [4.78, 5) is 11.8. The van der Waals surface area contributed by atoms with Crippen molar-refractivity contribution in [2.24, 2.45) is 0 Å². The summed E-state index contributed by atoms with van der Waals surface area (Å²) in [5.74, 6) is -0.123. The van der Waals surface area contributed by atoms with Gasteiger partial charge in [0.1, 0.15) is 0 Å². The second-order valence-electron chi connectivity index (χ2n) is 4.03. The minimum absolute atomic E-state index is 0.123. The van der Waals surface area contributed by atoms with Crippen molar-refractivity contribution in [3.63, 3.8) is 0 Å². The summed E-state index contributed by atoms with van der Waals surface area (Å²) in [6.45, 7) is 0.163. The molecule has 0 aliphatic carbocycles. The number of carbonyl (C=O) groups is 1. The Bertz CT molecular complexity index is 619. The van der Waals surface area contributed by atoms with Crippen LogP contribution >= 0.6 is 50.1 Å². The van der Waals surface area contributed by atoms with Crippen LogP contribution in [0, 0.1) is 3.57 Å². The first-order valence-corrected chi connectivity index (χ1v) is 8.04. The molecule has 0 unspecified atom stereocenters. The fourth-order valence-corrected chi connectivity index (χ4v) is 2.73. The molecule has 2 N–H and O–H groups in total. The van der Waals surface area contributed by atoms with Crippen molar-refractivity contribution < 1.29 is 4.79 Å². The molecule has 1 amide bonds. The Balaban J connectivity index is 1.90. The van der Waals surface area contributed by atoms with Crippen molar-refractivity contribution in [3.8, 4) is 0 Å². The highest BCUT2D eigenvalue weighted by atomic mass is 127. The molecule has 0 aliphatic heterocycles. The van der Waals surface area contributed by atoms with E-state index in [9.17, 15) is 4.79 Å². The quantitative estimate of drug-likeness (QED) is 0.640. The maximum absolute atomic E-state index is 11.8. The van der Waals surface area contributed by atoms with Crippen LogP contribution < -0.4 is 10.6 Å². The molecule has 2 aromatic rings. The van der Waals surface area contributed by atoms with Crippen LogP contribution in [0.25, 0.3) is 0 Å². The van der Waals surface area contributed by atoms with Gasteiger partial charge in [-0.25, -0.2) is 0 Å². The third-order valence-electron chi connectivity index (χ3n) is 2.50. The van der Waals surface area contributed by atoms with E-state index in [1.807, 2.05) is 42.5 Å². The lowest BCUT2D eigenvalue weighted by Gasteiger charge is -2.09. The molecule has 0 bridgehead atoms. The third kappa shape index (κ3) is 4.64. The second-order valence-corrected chi connectivity index (χ2v) is 6.60. The van der Waals surface area contributed by atoms with Gasteiger partial charge in [-0.15, -0.1) is 0 Å². The molecule has 0 saturated carbocycles. The van der Waals surface area contributed by atoms with E-state index in [0.717, 1.165) is 19.4 Å². The van der Waals surface area contributed by atoms with Gasteiger partial charge in [0.15, 0.2) is 0 Å². The zero-order valence-corrected chi connectivity index (χ0v) is 14.8. The summed E-state index contributed by atoms with van der Waals surface area (Å²) < 4.78 is 2.02. The lowest BCUT2D eigenvalue weighted by molar-refractivity contribution is -0.114. The molecule has 0 fully saturated rings. The molecule has 104 valence electrons. The lowest BCUT2D eigenvalue weighted by atomic mass is 10.3. The lowest BCUT2D eigenvalue weighted by Crippen LogP contribution is -2.21. The molecular formula is C14H11BrClIN2O. The normalized spacial score (nSPS) is 10.2. The van der Waals surface area contributed by atoms with Crippen molar-refractivity contribution in [3.05, 3.63) is 55.5 Å². The molecule has 0 atom stereocenters. The fourth-order valence-electron chi connectivity index (χ4n) is 1.55. The molecule has 0 heterocycles. The van der Waals surface area contributed by atoms with Gasteiger partial charge in [0, 0.05) is 13.7 Å². The van der Waals surface area contributed by atoms with Crippen molar-refractivity contribution in [2.75, 3.05) is 17.2 Å². The van der Waals surface area contributed by atoms with Crippen LogP contribution in [0.1, 0.15) is 0 Å². The summed E-state index contributed by atoms with van der Waals surface area (Å²) in [5, 5.41) is 6.42. The molecular weight excluding hydrogens is 454 g/mol. The number of anilines is 2. The van der Waals surface area contributed by atoms with Gasteiger partial charge < -0.3 is 10.6 Å². The van der Waals surface area contributed by atoms with Gasteiger partial charge in [-0.05, 0) is 65.1 Å². The Labute approximate surface area is 144 Å². The van der Waals surface area contributed by atoms with Gasteiger partial charge in [-0.1, -0.05) is 27.5 Å². The average Bonchev–Trinajstić information content (AvgIpc) is 2.40. The van der Waals surface area contributed by atoms with Crippen LogP contribution in [0.3, 0.4) is 0 Å². The Morgan fingerprint density at radius 3 is 2.55 bits per heavy atom. The molecule has 0 saturated heterocycles. The van der Waals surface area contributed by atoms with E-state index in [-0.39, 0.29) is 12.5 Å². The summed E-state index contributed by atoms with van der Waals surface area (Å²) in [6, 6.07) is 13.0. The van der Waals surface area contributed by atoms with Crippen LogP contribution in [0.4, 0.5) is 11.4 Å². The monoisotopic (exact) mass is 464 g/mol. The van der Waals surface area contributed by atoms with E-state index in [2.05, 4.69) is 49.2 Å². The third-order valence-corrected chi connectivity index (χ3v) is 4.01. The van der Waals surface area contributed by atoms with Crippen LogP contribution in [0.15, 0.2) is 46.9 Å². The van der Waals surface area contributed by atoms with Gasteiger partial charge in [0.25, 0.3) is 0 Å². The first-order valence-electron chi connectivity index (χ1n) is 5.79. The van der Waals surface area contributed by atoms with Gasteiger partial charge in [-0.3, -0.25) is 4.79 Å². The maximum atomic E-state index is 11.8. The highest BCUT2D eigenvalue weighted by Crippen LogP contribution is 2.23. The smallest absolute Gasteiger partial charge is 0.243 e. The number of hydrogen-bond donors (Lipinski definition) is 2. The van der Waals surface area contributed by atoms with E-state index in [1.165, 1.54) is 0 Å². The highest BCUT2D eigenvalue weighted by molar-refractivity contribution is 14.1. The van der Waals surface area contributed by atoms with E-state index in [1.54, 1.807) is 0 Å². The second kappa shape index (κ2) is 7.28. The largest absolute Gasteiger partial charge is 0.375 e. The number of amides is 1. The van der Waals surface area contributed by atoms with Crippen molar-refractivity contribution >= 4 is 67.4 Å². The number of rotatable bonds is 4. The van der Waals surface area contributed by atoms with Gasteiger partial charge in [0.05, 0.1) is 17.3 Å². The Hall–Kier alpha value is -0.790. The summed E-state index contributed by atoms with van der Waals surface area (Å²) in [5.41, 5.74) is 1.51. The van der Waals surface area contributed by atoms with Crippen molar-refractivity contribution in [2.45, 2.75) is 0 Å². The Kier molecular flexibility index (Phi) is 5.68. The number of nitrogens with one attached hydrogen (secondary N) is 2. The fraction of sp³-hybridized carbons (Fsp3) is 0.0714. The first-order chi connectivity index (χ1) is 9.54. The van der Waals surface area contributed by atoms with Gasteiger partial charge in [0.2, 0.25) is 5.91 Å². The number of hydrogen-bond acceptors (Lipinski definition) is 2. The number of benzene rings is 2. The predicted octanol–water partition coefficient (Wildman–Crippen LogP) is 4.76. The Morgan fingerprint density at radius 2 is 1.90 bits per heavy atom. The molecule has 2 aromatic carbocycles. The van der Waals surface area contributed by atoms with E-state index in [4.69, 9.17) is 11.6 Å². The molecule has 0 aliphatic rings. The van der Waals surface area contributed by atoms with Crippen LogP contribution in [0.2, 0.25) is 5.02 Å². The van der Waals surface area contributed by atoms with Crippen LogP contribution in [0.5, 0.6) is 0 Å². The average molecular weight is 466 g/mol. The molecule has 0 spiro atoms. The number of carbonyl (C=O) groups excluding carboxylic acids is 1. The SMILES string of the molecule is O=C(CNc1ccc(I)cc1Cl)Nc1ccc(Br)cc1. The zero-order chi connectivity index (χ0) is 14.5. The highest BCUT2D eigenvalue weighted by Gasteiger charge is 2.05. The molecule has 20 heavy (non-hydrogen) atoms. The standard InChI is InChI=1S/C14H11BrClIN2O/c15-9-1-4-11(5-2-9)19-14(20)8-18-13-6-3-10(17)7-12(13)16/h1-7,18H,8H2,(H,19,20). The first kappa shape index (κ1) is 15.6. The molecule has 3 nitrogen and oxygen atoms in total. The van der Waals surface area contributed by atoms with Crippen molar-refractivity contribution in [1.29, 1.82) is 0 Å². The van der Waals surface area contributed by atoms with E-state index in [0.29, 0.717) is 5.02 Å². The maximum Gasteiger partial charge on any atom is 0.243 e. The van der Waals surface area contributed by atoms with E-state index >= 15 is 0 Å².